The lowest BCUT2D eigenvalue weighted by atomic mass is 9.59. The van der Waals surface area contributed by atoms with E-state index in [1.54, 1.807) is 13.8 Å². The van der Waals surface area contributed by atoms with Crippen LogP contribution >= 0.6 is 0 Å². The van der Waals surface area contributed by atoms with E-state index in [4.69, 9.17) is 23.1 Å². The number of carbonyl (C=O) groups excluding carboxylic acids is 2. The number of esters is 2. The molecule has 50 heavy (non-hydrogen) atoms. The molecule has 1 unspecified atom stereocenters. The summed E-state index contributed by atoms with van der Waals surface area (Å²) in [4.78, 5) is 27.6. The van der Waals surface area contributed by atoms with Gasteiger partial charge in [-0.25, -0.2) is 9.59 Å². The van der Waals surface area contributed by atoms with Gasteiger partial charge < -0.3 is 23.1 Å². The number of rotatable bonds is 12. The highest BCUT2D eigenvalue weighted by Crippen LogP contribution is 2.53. The van der Waals surface area contributed by atoms with Gasteiger partial charge in [0.05, 0.1) is 12.2 Å². The number of carbonyl (C=O) groups is 2. The van der Waals surface area contributed by atoms with Crippen LogP contribution in [0.15, 0.2) is 54.1 Å². The molecule has 3 aliphatic rings. The number of benzene rings is 1. The average Bonchev–Trinajstić information content (AvgIpc) is 3.00. The highest BCUT2D eigenvalue weighted by Gasteiger charge is 2.55. The predicted octanol–water partition coefficient (Wildman–Crippen LogP) is 8.57. The van der Waals surface area contributed by atoms with E-state index in [1.165, 1.54) is 5.57 Å². The summed E-state index contributed by atoms with van der Waals surface area (Å²) in [6.45, 7) is 28.1. The molecule has 0 saturated carbocycles. The van der Waals surface area contributed by atoms with Gasteiger partial charge in [0.25, 0.3) is 0 Å². The molecule has 8 atom stereocenters. The van der Waals surface area contributed by atoms with Gasteiger partial charge in [-0.15, -0.1) is 0 Å². The topological polar surface area (TPSA) is 80.3 Å². The Kier molecular flexibility index (Phi) is 13.0. The van der Waals surface area contributed by atoms with Crippen molar-refractivity contribution in [2.45, 2.75) is 150 Å². The Morgan fingerprint density at radius 3 is 2.18 bits per heavy atom. The minimum atomic E-state index is -1.61. The van der Waals surface area contributed by atoms with Gasteiger partial charge in [0.15, 0.2) is 23.7 Å². The molecule has 0 spiro atoms. The van der Waals surface area contributed by atoms with E-state index in [-0.39, 0.29) is 52.5 Å². The lowest BCUT2D eigenvalue weighted by Gasteiger charge is -2.54. The number of cyclic esters (lactones) is 1. The third-order valence-electron chi connectivity index (χ3n) is 11.0. The summed E-state index contributed by atoms with van der Waals surface area (Å²) in [5.41, 5.74) is 0.286. The first-order valence-corrected chi connectivity index (χ1v) is 24.5. The fourth-order valence-corrected chi connectivity index (χ4v) is 10.3. The molecule has 7 nitrogen and oxygen atoms in total. The Labute approximate surface area is 306 Å². The monoisotopic (exact) mass is 726 g/mol. The van der Waals surface area contributed by atoms with Crippen molar-refractivity contribution < 1.29 is 32.7 Å². The molecule has 1 aromatic rings. The predicted molar refractivity (Wildman–Crippen MR) is 206 cm³/mol. The summed E-state index contributed by atoms with van der Waals surface area (Å²) in [7, 11) is -3.07. The Morgan fingerprint density at radius 2 is 1.60 bits per heavy atom. The summed E-state index contributed by atoms with van der Waals surface area (Å²) < 4.78 is 32.5. The van der Waals surface area contributed by atoms with Crippen LogP contribution in [-0.4, -0.2) is 59.5 Å². The fraction of sp³-hybridized carbons (Fsp3) is 0.707. The molecule has 2 aliphatic carbocycles. The summed E-state index contributed by atoms with van der Waals surface area (Å²) in [6, 6.07) is 9.91. The van der Waals surface area contributed by atoms with Crippen molar-refractivity contribution in [2.24, 2.45) is 34.5 Å². The molecule has 4 rings (SSSR count). The van der Waals surface area contributed by atoms with Gasteiger partial charge in [-0.1, -0.05) is 97.0 Å². The number of hydrogen-bond acceptors (Lipinski definition) is 7. The highest BCUT2D eigenvalue weighted by atomic mass is 28.3. The van der Waals surface area contributed by atoms with Gasteiger partial charge in [-0.3, -0.25) is 0 Å². The zero-order chi connectivity index (χ0) is 37.2. The van der Waals surface area contributed by atoms with Crippen LogP contribution < -0.4 is 0 Å². The largest absolute Gasteiger partial charge is 0.460 e. The minimum Gasteiger partial charge on any atom is -0.460 e. The van der Waals surface area contributed by atoms with Crippen LogP contribution in [0.1, 0.15) is 93.6 Å². The quantitative estimate of drug-likeness (QED) is 0.158. The van der Waals surface area contributed by atoms with E-state index in [9.17, 15) is 9.59 Å². The molecule has 0 bridgehead atoms. The Hall–Kier alpha value is -2.05. The van der Waals surface area contributed by atoms with E-state index in [0.717, 1.165) is 12.0 Å². The summed E-state index contributed by atoms with van der Waals surface area (Å²) in [6.07, 6.45) is 8.57. The molecule has 0 amide bonds. The lowest BCUT2D eigenvalue weighted by molar-refractivity contribution is -0.187. The first kappa shape index (κ1) is 40.7. The van der Waals surface area contributed by atoms with Gasteiger partial charge in [0, 0.05) is 17.8 Å². The maximum Gasteiger partial charge on any atom is 0.338 e. The number of allylic oxidation sites excluding steroid dienone is 2. The molecule has 0 radical (unpaired) electrons. The Bertz CT molecular complexity index is 1370. The normalized spacial score (nSPS) is 30.6. The van der Waals surface area contributed by atoms with Crippen LogP contribution in [0, 0.1) is 34.5 Å². The van der Waals surface area contributed by atoms with E-state index in [0.29, 0.717) is 25.9 Å². The highest BCUT2D eigenvalue weighted by molar-refractivity contribution is 6.49. The second-order valence-electron chi connectivity index (χ2n) is 18.3. The molecule has 1 aromatic carbocycles. The van der Waals surface area contributed by atoms with Crippen molar-refractivity contribution in [1.82, 2.24) is 0 Å². The summed E-state index contributed by atoms with van der Waals surface area (Å²) in [5, 5.41) is 0. The maximum absolute atomic E-state index is 14.1. The van der Waals surface area contributed by atoms with Gasteiger partial charge in [0.2, 0.25) is 0 Å². The van der Waals surface area contributed by atoms with Crippen molar-refractivity contribution in [3.05, 3.63) is 59.7 Å². The average molecular weight is 727 g/mol. The zero-order valence-corrected chi connectivity index (χ0v) is 35.5. The zero-order valence-electron chi connectivity index (χ0n) is 33.2. The third-order valence-corrected chi connectivity index (χ3v) is 12.8. The number of fused-ring (bicyclic) bond motifs is 1. The minimum absolute atomic E-state index is 0.0229. The smallest absolute Gasteiger partial charge is 0.338 e. The van der Waals surface area contributed by atoms with Gasteiger partial charge >= 0.3 is 11.9 Å². The SMILES string of the molecule is C[C@H]1C=CC2=C[C@@H](C(C)(C)C)C[C@H](OC(=O)C(C)(C)OCc3ccccc3)[C@@H]2[C@@]1(CC[C@@H]1C[C@H](C(C)(C)C)C(O[SiH](C)C)C(=O)O1)O[SiH](C)C. The molecule has 0 aromatic heterocycles. The van der Waals surface area contributed by atoms with Gasteiger partial charge in [-0.05, 0) is 93.6 Å². The second kappa shape index (κ2) is 15.9. The standard InChI is InChI=1S/C41H66O7Si2/c1-27-19-20-29-23-30(38(2,3)4)24-33(46-37(43)40(8,9)44-26-28-17-15-14-16-18-28)34(29)41(27,48-50(12)13)22-21-31-25-32(39(5,6)7)35(36(42)45-31)47-49(10)11/h14-20,23,27,30-35,49-50H,21-22,24-26H2,1-13H3/t27-,30+,31+,32-,33-,34+,35?,41-/m0/s1. The molecule has 1 saturated heterocycles. The second-order valence-corrected chi connectivity index (χ2v) is 23.0. The molecular weight excluding hydrogens is 661 g/mol. The van der Waals surface area contributed by atoms with Crippen LogP contribution in [0.4, 0.5) is 0 Å². The van der Waals surface area contributed by atoms with Crippen LogP contribution in [0.3, 0.4) is 0 Å². The van der Waals surface area contributed by atoms with Crippen LogP contribution in [0.5, 0.6) is 0 Å². The molecular formula is C41H66O7Si2. The third kappa shape index (κ3) is 9.68. The molecule has 280 valence electrons. The number of hydrogen-bond donors (Lipinski definition) is 0. The van der Waals surface area contributed by atoms with E-state index in [1.807, 2.05) is 30.3 Å². The fourth-order valence-electron chi connectivity index (χ4n) is 8.09. The van der Waals surface area contributed by atoms with E-state index < -0.39 is 41.5 Å². The van der Waals surface area contributed by atoms with Crippen molar-refractivity contribution >= 4 is 30.0 Å². The first-order chi connectivity index (χ1) is 23.1. The summed E-state index contributed by atoms with van der Waals surface area (Å²) in [5.74, 6) is -0.420. The van der Waals surface area contributed by atoms with E-state index in [2.05, 4.69) is 92.9 Å². The first-order valence-electron chi connectivity index (χ1n) is 19.0. The molecule has 1 fully saturated rings. The van der Waals surface area contributed by atoms with Crippen molar-refractivity contribution in [1.29, 1.82) is 0 Å². The van der Waals surface area contributed by atoms with Crippen LogP contribution in [0.2, 0.25) is 26.2 Å². The lowest BCUT2D eigenvalue weighted by Crippen LogP contribution is -2.58. The van der Waals surface area contributed by atoms with Gasteiger partial charge in [0.1, 0.15) is 18.3 Å². The van der Waals surface area contributed by atoms with Crippen molar-refractivity contribution in [2.75, 3.05) is 0 Å². The molecule has 1 heterocycles. The molecule has 0 N–H and O–H groups in total. The number of ether oxygens (including phenoxy) is 3. The van der Waals surface area contributed by atoms with Crippen molar-refractivity contribution in [3.8, 4) is 0 Å². The summed E-state index contributed by atoms with van der Waals surface area (Å²) >= 11 is 0. The molecule has 9 heteroatoms. The van der Waals surface area contributed by atoms with Crippen LogP contribution in [-0.2, 0) is 39.3 Å². The Balaban J connectivity index is 1.67. The van der Waals surface area contributed by atoms with E-state index >= 15 is 0 Å². The van der Waals surface area contributed by atoms with Crippen LogP contribution in [0.25, 0.3) is 0 Å². The Morgan fingerprint density at radius 1 is 0.940 bits per heavy atom. The van der Waals surface area contributed by atoms with Gasteiger partial charge in [-0.2, -0.15) is 0 Å². The molecule has 1 aliphatic heterocycles. The maximum atomic E-state index is 14.1. The van der Waals surface area contributed by atoms with Crippen molar-refractivity contribution in [3.63, 3.8) is 0 Å².